The molecule has 3 heteroatoms. The Bertz CT molecular complexity index is 429. The summed E-state index contributed by atoms with van der Waals surface area (Å²) in [5.74, 6) is 0.965. The molecule has 1 unspecified atom stereocenters. The topological polar surface area (TPSA) is 38.5 Å². The maximum atomic E-state index is 6.13. The van der Waals surface area contributed by atoms with Gasteiger partial charge in [-0.2, -0.15) is 0 Å². The lowest BCUT2D eigenvalue weighted by Crippen LogP contribution is -2.54. The molecule has 2 rings (SSSR count). The Labute approximate surface area is 123 Å². The zero-order valence-electron chi connectivity index (χ0n) is 13.1. The van der Waals surface area contributed by atoms with Crippen molar-refractivity contribution in [3.8, 4) is 5.75 Å². The van der Waals surface area contributed by atoms with Crippen LogP contribution in [-0.2, 0) is 6.42 Å². The summed E-state index contributed by atoms with van der Waals surface area (Å²) in [6, 6.07) is 8.95. The molecule has 0 amide bonds. The SMILES string of the molecule is COc1ccccc1CC(C)(CN)N(C)C1CCCC1. The number of rotatable bonds is 6. The molecule has 0 spiro atoms. The fourth-order valence-electron chi connectivity index (χ4n) is 3.33. The van der Waals surface area contributed by atoms with E-state index in [9.17, 15) is 0 Å². The Morgan fingerprint density at radius 1 is 1.30 bits per heavy atom. The van der Waals surface area contributed by atoms with Gasteiger partial charge in [0.25, 0.3) is 0 Å². The molecule has 1 saturated carbocycles. The summed E-state index contributed by atoms with van der Waals surface area (Å²) in [5.41, 5.74) is 7.37. The molecule has 1 aromatic carbocycles. The minimum absolute atomic E-state index is 0.0103. The van der Waals surface area contributed by atoms with Gasteiger partial charge in [-0.25, -0.2) is 0 Å². The number of hydrogen-bond donors (Lipinski definition) is 1. The number of nitrogens with two attached hydrogens (primary N) is 1. The maximum Gasteiger partial charge on any atom is 0.122 e. The first-order valence-corrected chi connectivity index (χ1v) is 7.65. The molecule has 1 aliphatic carbocycles. The van der Waals surface area contributed by atoms with E-state index >= 15 is 0 Å². The highest BCUT2D eigenvalue weighted by atomic mass is 16.5. The first-order chi connectivity index (χ1) is 9.60. The highest BCUT2D eigenvalue weighted by molar-refractivity contribution is 5.34. The van der Waals surface area contributed by atoms with Gasteiger partial charge in [0.2, 0.25) is 0 Å². The molecule has 112 valence electrons. The van der Waals surface area contributed by atoms with Gasteiger partial charge in [0.15, 0.2) is 0 Å². The lowest BCUT2D eigenvalue weighted by Gasteiger charge is -2.42. The molecule has 1 fully saturated rings. The molecule has 0 radical (unpaired) electrons. The number of benzene rings is 1. The first kappa shape index (κ1) is 15.3. The van der Waals surface area contributed by atoms with Crippen molar-refractivity contribution in [1.82, 2.24) is 4.90 Å². The van der Waals surface area contributed by atoms with E-state index in [0.717, 1.165) is 12.2 Å². The van der Waals surface area contributed by atoms with E-state index in [1.165, 1.54) is 31.2 Å². The fourth-order valence-corrected chi connectivity index (χ4v) is 3.33. The van der Waals surface area contributed by atoms with Crippen molar-refractivity contribution in [3.63, 3.8) is 0 Å². The van der Waals surface area contributed by atoms with Crippen LogP contribution in [0, 0.1) is 0 Å². The predicted molar refractivity (Wildman–Crippen MR) is 84.2 cm³/mol. The Kier molecular flexibility index (Phi) is 5.06. The summed E-state index contributed by atoms with van der Waals surface area (Å²) in [4.78, 5) is 2.51. The molecule has 0 bridgehead atoms. The van der Waals surface area contributed by atoms with E-state index in [1.54, 1.807) is 7.11 Å². The van der Waals surface area contributed by atoms with Crippen molar-refractivity contribution >= 4 is 0 Å². The molecular formula is C17H28N2O. The number of para-hydroxylation sites is 1. The summed E-state index contributed by atoms with van der Waals surface area (Å²) in [5, 5.41) is 0. The van der Waals surface area contributed by atoms with Gasteiger partial charge in [0.1, 0.15) is 5.75 Å². The second kappa shape index (κ2) is 6.59. The molecule has 0 aromatic heterocycles. The molecule has 0 saturated heterocycles. The van der Waals surface area contributed by atoms with E-state index in [1.807, 2.05) is 12.1 Å². The largest absolute Gasteiger partial charge is 0.496 e. The van der Waals surface area contributed by atoms with Crippen molar-refractivity contribution in [3.05, 3.63) is 29.8 Å². The average molecular weight is 276 g/mol. The average Bonchev–Trinajstić information content (AvgIpc) is 3.01. The van der Waals surface area contributed by atoms with E-state index < -0.39 is 0 Å². The maximum absolute atomic E-state index is 6.13. The number of likely N-dealkylation sites (N-methyl/N-ethyl adjacent to an activating group) is 1. The van der Waals surface area contributed by atoms with Gasteiger partial charge in [-0.15, -0.1) is 0 Å². The van der Waals surface area contributed by atoms with E-state index in [0.29, 0.717) is 12.6 Å². The third-order valence-electron chi connectivity index (χ3n) is 4.93. The van der Waals surface area contributed by atoms with Gasteiger partial charge in [0, 0.05) is 18.1 Å². The number of nitrogens with zero attached hydrogens (tertiary/aromatic N) is 1. The van der Waals surface area contributed by atoms with Crippen LogP contribution in [0.15, 0.2) is 24.3 Å². The van der Waals surface area contributed by atoms with E-state index in [-0.39, 0.29) is 5.54 Å². The molecule has 0 aliphatic heterocycles. The Balaban J connectivity index is 2.17. The van der Waals surface area contributed by atoms with Gasteiger partial charge >= 0.3 is 0 Å². The van der Waals surface area contributed by atoms with Crippen molar-refractivity contribution in [2.75, 3.05) is 20.7 Å². The summed E-state index contributed by atoms with van der Waals surface area (Å²) < 4.78 is 5.48. The van der Waals surface area contributed by atoms with Crippen LogP contribution in [0.25, 0.3) is 0 Å². The van der Waals surface area contributed by atoms with Crippen LogP contribution in [0.5, 0.6) is 5.75 Å². The smallest absolute Gasteiger partial charge is 0.122 e. The summed E-state index contributed by atoms with van der Waals surface area (Å²) in [6.45, 7) is 2.94. The van der Waals surface area contributed by atoms with E-state index in [4.69, 9.17) is 10.5 Å². The zero-order chi connectivity index (χ0) is 14.6. The van der Waals surface area contributed by atoms with Gasteiger partial charge < -0.3 is 10.5 Å². The molecule has 20 heavy (non-hydrogen) atoms. The first-order valence-electron chi connectivity index (χ1n) is 7.65. The molecule has 1 atom stereocenters. The Hall–Kier alpha value is -1.06. The summed E-state index contributed by atoms with van der Waals surface area (Å²) >= 11 is 0. The third-order valence-corrected chi connectivity index (χ3v) is 4.93. The lowest BCUT2D eigenvalue weighted by atomic mass is 9.89. The van der Waals surface area contributed by atoms with Crippen LogP contribution in [0.4, 0.5) is 0 Å². The Morgan fingerprint density at radius 3 is 2.55 bits per heavy atom. The number of methoxy groups -OCH3 is 1. The Morgan fingerprint density at radius 2 is 1.95 bits per heavy atom. The zero-order valence-corrected chi connectivity index (χ0v) is 13.1. The quantitative estimate of drug-likeness (QED) is 0.868. The van der Waals surface area contributed by atoms with Gasteiger partial charge in [-0.05, 0) is 44.9 Å². The molecule has 0 heterocycles. The van der Waals surface area contributed by atoms with Crippen LogP contribution in [0.1, 0.15) is 38.2 Å². The highest BCUT2D eigenvalue weighted by Crippen LogP contribution is 2.31. The van der Waals surface area contributed by atoms with Crippen molar-refractivity contribution in [2.45, 2.75) is 50.6 Å². The van der Waals surface area contributed by atoms with Gasteiger partial charge in [-0.3, -0.25) is 4.90 Å². The number of hydrogen-bond acceptors (Lipinski definition) is 3. The van der Waals surface area contributed by atoms with Crippen molar-refractivity contribution in [2.24, 2.45) is 5.73 Å². The normalized spacial score (nSPS) is 19.2. The highest BCUT2D eigenvalue weighted by Gasteiger charge is 2.34. The fraction of sp³-hybridized carbons (Fsp3) is 0.647. The molecule has 1 aliphatic rings. The molecule has 2 N–H and O–H groups in total. The standard InChI is InChI=1S/C17H28N2O/c1-17(13-18,19(2)15-9-5-6-10-15)12-14-8-4-7-11-16(14)20-3/h4,7-8,11,15H,5-6,9-10,12-13,18H2,1-3H3. The predicted octanol–water partition coefficient (Wildman–Crippen LogP) is 2.83. The van der Waals surface area contributed by atoms with Crippen molar-refractivity contribution in [1.29, 1.82) is 0 Å². The van der Waals surface area contributed by atoms with Crippen LogP contribution >= 0.6 is 0 Å². The van der Waals surface area contributed by atoms with Crippen LogP contribution in [0.2, 0.25) is 0 Å². The summed E-state index contributed by atoms with van der Waals surface area (Å²) in [6.07, 6.45) is 6.24. The minimum atomic E-state index is -0.0103. The molecular weight excluding hydrogens is 248 g/mol. The third kappa shape index (κ3) is 3.15. The molecule has 3 nitrogen and oxygen atoms in total. The second-order valence-electron chi connectivity index (χ2n) is 6.24. The van der Waals surface area contributed by atoms with Crippen molar-refractivity contribution < 1.29 is 4.74 Å². The van der Waals surface area contributed by atoms with Crippen LogP contribution < -0.4 is 10.5 Å². The minimum Gasteiger partial charge on any atom is -0.496 e. The summed E-state index contributed by atoms with van der Waals surface area (Å²) in [7, 11) is 3.97. The lowest BCUT2D eigenvalue weighted by molar-refractivity contribution is 0.0937. The van der Waals surface area contributed by atoms with Gasteiger partial charge in [0.05, 0.1) is 7.11 Å². The molecule has 1 aromatic rings. The van der Waals surface area contributed by atoms with Crippen LogP contribution in [0.3, 0.4) is 0 Å². The second-order valence-corrected chi connectivity index (χ2v) is 6.24. The van der Waals surface area contributed by atoms with Crippen LogP contribution in [-0.4, -0.2) is 37.2 Å². The number of ether oxygens (including phenoxy) is 1. The van der Waals surface area contributed by atoms with E-state index in [2.05, 4.69) is 31.0 Å². The van der Waals surface area contributed by atoms with Gasteiger partial charge in [-0.1, -0.05) is 31.0 Å². The monoisotopic (exact) mass is 276 g/mol.